The Morgan fingerprint density at radius 2 is 1.96 bits per heavy atom. The van der Waals surface area contributed by atoms with Crippen molar-refractivity contribution >= 4 is 11.6 Å². The van der Waals surface area contributed by atoms with E-state index < -0.39 is 0 Å². The second-order valence-corrected chi connectivity index (χ2v) is 6.20. The Morgan fingerprint density at radius 1 is 1.19 bits per heavy atom. The highest BCUT2D eigenvalue weighted by Crippen LogP contribution is 2.20. The van der Waals surface area contributed by atoms with Gasteiger partial charge in [-0.25, -0.2) is 0 Å². The molecule has 2 aromatic carbocycles. The maximum Gasteiger partial charge on any atom is 0.248 e. The SMILES string of the molecule is COc1cccc(-c2nnn(CC(=O)Nc3ccc(C(C)C)cc3)n2)c1. The molecule has 0 unspecified atom stereocenters. The molecule has 1 heterocycles. The topological polar surface area (TPSA) is 81.9 Å². The van der Waals surface area contributed by atoms with Crippen molar-refractivity contribution in [2.45, 2.75) is 26.3 Å². The van der Waals surface area contributed by atoms with Crippen molar-refractivity contribution in [1.82, 2.24) is 20.2 Å². The summed E-state index contributed by atoms with van der Waals surface area (Å²) in [7, 11) is 1.60. The van der Waals surface area contributed by atoms with Crippen molar-refractivity contribution in [3.8, 4) is 17.1 Å². The third-order valence-electron chi connectivity index (χ3n) is 3.93. The molecule has 0 radical (unpaired) electrons. The first-order valence-corrected chi connectivity index (χ1v) is 8.37. The van der Waals surface area contributed by atoms with Crippen LogP contribution >= 0.6 is 0 Å². The second kappa shape index (κ2) is 7.77. The fourth-order valence-electron chi connectivity index (χ4n) is 2.47. The molecule has 0 bridgehead atoms. The Kier molecular flexibility index (Phi) is 5.26. The number of hydrogen-bond acceptors (Lipinski definition) is 5. The second-order valence-electron chi connectivity index (χ2n) is 6.20. The van der Waals surface area contributed by atoms with Crippen LogP contribution in [0.1, 0.15) is 25.3 Å². The van der Waals surface area contributed by atoms with Crippen LogP contribution in [0.15, 0.2) is 48.5 Å². The fraction of sp³-hybridized carbons (Fsp3) is 0.263. The van der Waals surface area contributed by atoms with Crippen molar-refractivity contribution in [3.05, 3.63) is 54.1 Å². The van der Waals surface area contributed by atoms with Crippen molar-refractivity contribution < 1.29 is 9.53 Å². The predicted molar refractivity (Wildman–Crippen MR) is 99.0 cm³/mol. The minimum atomic E-state index is -0.211. The van der Waals surface area contributed by atoms with Gasteiger partial charge in [0.2, 0.25) is 11.7 Å². The summed E-state index contributed by atoms with van der Waals surface area (Å²) in [6.45, 7) is 4.25. The number of rotatable bonds is 6. The monoisotopic (exact) mass is 351 g/mol. The van der Waals surface area contributed by atoms with Gasteiger partial charge in [0.1, 0.15) is 12.3 Å². The Morgan fingerprint density at radius 3 is 2.65 bits per heavy atom. The minimum absolute atomic E-state index is 0.0110. The van der Waals surface area contributed by atoms with Gasteiger partial charge >= 0.3 is 0 Å². The van der Waals surface area contributed by atoms with Gasteiger partial charge in [0.05, 0.1) is 7.11 Å². The number of benzene rings is 2. The number of nitrogens with zero attached hydrogens (tertiary/aromatic N) is 4. The smallest absolute Gasteiger partial charge is 0.248 e. The number of tetrazole rings is 1. The van der Waals surface area contributed by atoms with Crippen molar-refractivity contribution in [2.75, 3.05) is 12.4 Å². The van der Waals surface area contributed by atoms with E-state index in [1.54, 1.807) is 7.11 Å². The Bertz CT molecular complexity index is 887. The summed E-state index contributed by atoms with van der Waals surface area (Å²) in [6, 6.07) is 15.2. The molecular formula is C19H21N5O2. The van der Waals surface area contributed by atoms with Gasteiger partial charge < -0.3 is 10.1 Å². The summed E-state index contributed by atoms with van der Waals surface area (Å²) < 4.78 is 5.19. The lowest BCUT2D eigenvalue weighted by atomic mass is 10.0. The molecule has 1 aromatic heterocycles. The van der Waals surface area contributed by atoms with E-state index in [-0.39, 0.29) is 12.5 Å². The number of methoxy groups -OCH3 is 1. The van der Waals surface area contributed by atoms with E-state index in [1.807, 2.05) is 48.5 Å². The van der Waals surface area contributed by atoms with Crippen LogP contribution < -0.4 is 10.1 Å². The van der Waals surface area contributed by atoms with Gasteiger partial charge in [-0.15, -0.1) is 10.2 Å². The Balaban J connectivity index is 1.64. The highest BCUT2D eigenvalue weighted by Gasteiger charge is 2.10. The Labute approximate surface area is 152 Å². The molecule has 7 heteroatoms. The highest BCUT2D eigenvalue weighted by molar-refractivity contribution is 5.90. The first-order valence-electron chi connectivity index (χ1n) is 8.37. The number of aromatic nitrogens is 4. The zero-order chi connectivity index (χ0) is 18.5. The summed E-state index contributed by atoms with van der Waals surface area (Å²) in [5.41, 5.74) is 2.75. The van der Waals surface area contributed by atoms with Crippen LogP contribution in [0, 0.1) is 0 Å². The summed E-state index contributed by atoms with van der Waals surface area (Å²) in [4.78, 5) is 13.5. The molecular weight excluding hydrogens is 330 g/mol. The molecule has 7 nitrogen and oxygen atoms in total. The van der Waals surface area contributed by atoms with Crippen LogP contribution in [0.2, 0.25) is 0 Å². The van der Waals surface area contributed by atoms with Gasteiger partial charge in [-0.05, 0) is 41.0 Å². The first kappa shape index (κ1) is 17.6. The van der Waals surface area contributed by atoms with Crippen LogP contribution in [0.3, 0.4) is 0 Å². The number of anilines is 1. The standard InChI is InChI=1S/C19H21N5O2/c1-13(2)14-7-9-16(10-8-14)20-18(25)12-24-22-19(21-23-24)15-5-4-6-17(11-15)26-3/h4-11,13H,12H2,1-3H3,(H,20,25). The zero-order valence-electron chi connectivity index (χ0n) is 15.0. The average Bonchev–Trinajstić information content (AvgIpc) is 3.10. The molecule has 1 N–H and O–H groups in total. The quantitative estimate of drug-likeness (QED) is 0.738. The van der Waals surface area contributed by atoms with Gasteiger partial charge in [-0.1, -0.05) is 38.1 Å². The molecule has 0 saturated heterocycles. The molecule has 3 aromatic rings. The molecule has 0 aliphatic rings. The van der Waals surface area contributed by atoms with Gasteiger partial charge in [-0.3, -0.25) is 4.79 Å². The van der Waals surface area contributed by atoms with Crippen LogP contribution in [0.4, 0.5) is 5.69 Å². The maximum absolute atomic E-state index is 12.2. The number of amides is 1. The Hall–Kier alpha value is -3.22. The summed E-state index contributed by atoms with van der Waals surface area (Å²) in [6.07, 6.45) is 0. The van der Waals surface area contributed by atoms with E-state index in [4.69, 9.17) is 4.74 Å². The minimum Gasteiger partial charge on any atom is -0.497 e. The lowest BCUT2D eigenvalue weighted by Gasteiger charge is -2.08. The first-order chi connectivity index (χ1) is 12.5. The molecule has 0 atom stereocenters. The number of carbonyl (C=O) groups is 1. The molecule has 26 heavy (non-hydrogen) atoms. The largest absolute Gasteiger partial charge is 0.497 e. The average molecular weight is 351 g/mol. The third kappa shape index (κ3) is 4.24. The fourth-order valence-corrected chi connectivity index (χ4v) is 2.47. The van der Waals surface area contributed by atoms with E-state index in [9.17, 15) is 4.79 Å². The molecule has 134 valence electrons. The number of hydrogen-bond donors (Lipinski definition) is 1. The van der Waals surface area contributed by atoms with Gasteiger partial charge in [0.15, 0.2) is 0 Å². The number of ether oxygens (including phenoxy) is 1. The summed E-state index contributed by atoms with van der Waals surface area (Å²) in [5.74, 6) is 1.39. The molecule has 0 spiro atoms. The zero-order valence-corrected chi connectivity index (χ0v) is 15.0. The van der Waals surface area contributed by atoms with Gasteiger partial charge in [-0.2, -0.15) is 4.80 Å². The predicted octanol–water partition coefficient (Wildman–Crippen LogP) is 3.11. The van der Waals surface area contributed by atoms with Crippen LogP contribution in [-0.2, 0) is 11.3 Å². The number of nitrogens with one attached hydrogen (secondary N) is 1. The van der Waals surface area contributed by atoms with Crippen molar-refractivity contribution in [3.63, 3.8) is 0 Å². The van der Waals surface area contributed by atoms with Gasteiger partial charge in [0.25, 0.3) is 0 Å². The van der Waals surface area contributed by atoms with E-state index in [0.717, 1.165) is 11.3 Å². The lowest BCUT2D eigenvalue weighted by Crippen LogP contribution is -2.20. The van der Waals surface area contributed by atoms with Crippen LogP contribution in [-0.4, -0.2) is 33.2 Å². The molecule has 0 aliphatic carbocycles. The molecule has 0 saturated carbocycles. The molecule has 0 fully saturated rings. The van der Waals surface area contributed by atoms with E-state index in [0.29, 0.717) is 17.5 Å². The van der Waals surface area contributed by atoms with E-state index in [1.165, 1.54) is 10.4 Å². The summed E-state index contributed by atoms with van der Waals surface area (Å²) in [5, 5.41) is 15.0. The van der Waals surface area contributed by atoms with E-state index in [2.05, 4.69) is 34.6 Å². The van der Waals surface area contributed by atoms with Crippen molar-refractivity contribution in [2.24, 2.45) is 0 Å². The third-order valence-corrected chi connectivity index (χ3v) is 3.93. The molecule has 0 aliphatic heterocycles. The highest BCUT2D eigenvalue weighted by atomic mass is 16.5. The molecule has 3 rings (SSSR count). The van der Waals surface area contributed by atoms with E-state index >= 15 is 0 Å². The molecule has 1 amide bonds. The van der Waals surface area contributed by atoms with Gasteiger partial charge in [0, 0.05) is 11.3 Å². The van der Waals surface area contributed by atoms with Crippen LogP contribution in [0.25, 0.3) is 11.4 Å². The number of carbonyl (C=O) groups excluding carboxylic acids is 1. The van der Waals surface area contributed by atoms with Crippen LogP contribution in [0.5, 0.6) is 5.75 Å². The summed E-state index contributed by atoms with van der Waals surface area (Å²) >= 11 is 0. The lowest BCUT2D eigenvalue weighted by molar-refractivity contribution is -0.117. The van der Waals surface area contributed by atoms with Crippen molar-refractivity contribution in [1.29, 1.82) is 0 Å². The maximum atomic E-state index is 12.2. The normalized spacial score (nSPS) is 10.8.